The Morgan fingerprint density at radius 1 is 1.53 bits per heavy atom. The molecule has 1 aliphatic heterocycles. The molecule has 0 bridgehead atoms. The Balaban J connectivity index is 2.64. The summed E-state index contributed by atoms with van der Waals surface area (Å²) in [5.41, 5.74) is 0. The number of likely N-dealkylation sites (N-methyl/N-ethyl adjacent to an activating group) is 1. The molecule has 0 aromatic carbocycles. The third-order valence-corrected chi connectivity index (χ3v) is 3.37. The van der Waals surface area contributed by atoms with Gasteiger partial charge in [0.2, 0.25) is 0 Å². The number of likely N-dealkylation sites (tertiary alicyclic amines) is 1. The fraction of sp³-hybridized carbons (Fsp3) is 0.833. The lowest BCUT2D eigenvalue weighted by molar-refractivity contribution is -0.142. The number of carboxylic acid groups (broad SMARTS) is 1. The van der Waals surface area contributed by atoms with Crippen molar-refractivity contribution in [2.24, 2.45) is 5.92 Å². The lowest BCUT2D eigenvalue weighted by Gasteiger charge is -2.35. The van der Waals surface area contributed by atoms with Gasteiger partial charge in [-0.25, -0.2) is 9.59 Å². The van der Waals surface area contributed by atoms with E-state index in [2.05, 4.69) is 6.92 Å². The molecule has 2 amide bonds. The molecule has 98 valence electrons. The molecule has 1 aliphatic rings. The molecule has 1 heterocycles. The minimum absolute atomic E-state index is 0.161. The second-order valence-electron chi connectivity index (χ2n) is 4.85. The Labute approximate surface area is 102 Å². The molecule has 1 N–H and O–H groups in total. The van der Waals surface area contributed by atoms with Crippen molar-refractivity contribution in [3.63, 3.8) is 0 Å². The van der Waals surface area contributed by atoms with Crippen molar-refractivity contribution in [1.29, 1.82) is 0 Å². The number of hydrogen-bond acceptors (Lipinski definition) is 2. The third kappa shape index (κ3) is 3.35. The van der Waals surface area contributed by atoms with E-state index in [1.807, 2.05) is 0 Å². The number of hydrogen-bond donors (Lipinski definition) is 1. The number of carbonyl (C=O) groups is 2. The van der Waals surface area contributed by atoms with Crippen molar-refractivity contribution < 1.29 is 14.7 Å². The second kappa shape index (κ2) is 5.89. The quantitative estimate of drug-likeness (QED) is 0.818. The fourth-order valence-corrected chi connectivity index (χ4v) is 2.33. The van der Waals surface area contributed by atoms with Gasteiger partial charge in [-0.2, -0.15) is 0 Å². The monoisotopic (exact) mass is 242 g/mol. The van der Waals surface area contributed by atoms with Crippen LogP contribution in [0.3, 0.4) is 0 Å². The van der Waals surface area contributed by atoms with Crippen LogP contribution >= 0.6 is 0 Å². The molecule has 2 unspecified atom stereocenters. The molecule has 0 spiro atoms. The van der Waals surface area contributed by atoms with Crippen LogP contribution in [0.25, 0.3) is 0 Å². The summed E-state index contributed by atoms with van der Waals surface area (Å²) in [6, 6.07) is -0.884. The Kier molecular flexibility index (Phi) is 4.78. The standard InChI is InChI=1S/C12H22N2O3/c1-4-10(11(15)16)13(3)12(17)14-7-5-6-9(2)8-14/h9-10H,4-8H2,1-3H3,(H,15,16). The second-order valence-corrected chi connectivity index (χ2v) is 4.85. The lowest BCUT2D eigenvalue weighted by atomic mass is 10.0. The number of nitrogens with zero attached hydrogens (tertiary/aromatic N) is 2. The molecule has 0 aromatic heterocycles. The van der Waals surface area contributed by atoms with Gasteiger partial charge in [-0.3, -0.25) is 0 Å². The highest BCUT2D eigenvalue weighted by atomic mass is 16.4. The van der Waals surface area contributed by atoms with Gasteiger partial charge in [-0.1, -0.05) is 13.8 Å². The molecule has 5 nitrogen and oxygen atoms in total. The van der Waals surface area contributed by atoms with Crippen LogP contribution in [-0.2, 0) is 4.79 Å². The van der Waals surface area contributed by atoms with Gasteiger partial charge in [-0.05, 0) is 25.2 Å². The summed E-state index contributed by atoms with van der Waals surface area (Å²) in [6.45, 7) is 5.37. The van der Waals surface area contributed by atoms with Crippen LogP contribution in [0, 0.1) is 5.92 Å². The minimum atomic E-state index is -0.937. The molecule has 1 saturated heterocycles. The molecule has 0 saturated carbocycles. The maximum Gasteiger partial charge on any atom is 0.326 e. The van der Waals surface area contributed by atoms with Gasteiger partial charge in [0, 0.05) is 20.1 Å². The predicted molar refractivity (Wildman–Crippen MR) is 64.8 cm³/mol. The summed E-state index contributed by atoms with van der Waals surface area (Å²) < 4.78 is 0. The van der Waals surface area contributed by atoms with Crippen LogP contribution in [0.1, 0.15) is 33.1 Å². The van der Waals surface area contributed by atoms with E-state index in [1.165, 1.54) is 4.90 Å². The van der Waals surface area contributed by atoms with Gasteiger partial charge in [0.25, 0.3) is 0 Å². The van der Waals surface area contributed by atoms with E-state index in [0.717, 1.165) is 25.9 Å². The Hall–Kier alpha value is -1.26. The minimum Gasteiger partial charge on any atom is -0.480 e. The number of piperidine rings is 1. The van der Waals surface area contributed by atoms with E-state index in [4.69, 9.17) is 5.11 Å². The van der Waals surface area contributed by atoms with Crippen molar-refractivity contribution in [1.82, 2.24) is 9.80 Å². The SMILES string of the molecule is CCC(C(=O)O)N(C)C(=O)N1CCCC(C)C1. The number of rotatable bonds is 3. The molecule has 1 rings (SSSR count). The number of urea groups is 1. The van der Waals surface area contributed by atoms with E-state index in [9.17, 15) is 9.59 Å². The maximum absolute atomic E-state index is 12.1. The molecule has 0 aliphatic carbocycles. The number of amides is 2. The highest BCUT2D eigenvalue weighted by Crippen LogP contribution is 2.17. The Morgan fingerprint density at radius 3 is 2.65 bits per heavy atom. The molecular weight excluding hydrogens is 220 g/mol. The topological polar surface area (TPSA) is 60.9 Å². The van der Waals surface area contributed by atoms with Crippen molar-refractivity contribution in [2.75, 3.05) is 20.1 Å². The predicted octanol–water partition coefficient (Wildman–Crippen LogP) is 1.63. The van der Waals surface area contributed by atoms with Crippen LogP contribution in [0.4, 0.5) is 4.79 Å². The highest BCUT2D eigenvalue weighted by Gasteiger charge is 2.29. The number of carbonyl (C=O) groups excluding carboxylic acids is 1. The summed E-state index contributed by atoms with van der Waals surface area (Å²) in [4.78, 5) is 26.3. The van der Waals surface area contributed by atoms with E-state index in [-0.39, 0.29) is 6.03 Å². The number of carboxylic acids is 1. The summed E-state index contributed by atoms with van der Waals surface area (Å²) in [6.07, 6.45) is 2.58. The van der Waals surface area contributed by atoms with Crippen LogP contribution in [0.5, 0.6) is 0 Å². The van der Waals surface area contributed by atoms with Gasteiger partial charge in [0.15, 0.2) is 0 Å². The summed E-state index contributed by atoms with van der Waals surface area (Å²) >= 11 is 0. The first-order valence-electron chi connectivity index (χ1n) is 6.21. The first kappa shape index (κ1) is 13.8. The average molecular weight is 242 g/mol. The number of aliphatic carboxylic acids is 1. The van der Waals surface area contributed by atoms with Crippen LogP contribution in [-0.4, -0.2) is 53.1 Å². The molecular formula is C12H22N2O3. The molecule has 2 atom stereocenters. The zero-order valence-electron chi connectivity index (χ0n) is 10.8. The fourth-order valence-electron chi connectivity index (χ4n) is 2.33. The maximum atomic E-state index is 12.1. The van der Waals surface area contributed by atoms with E-state index in [0.29, 0.717) is 12.3 Å². The molecule has 0 radical (unpaired) electrons. The first-order valence-corrected chi connectivity index (χ1v) is 6.21. The van der Waals surface area contributed by atoms with Crippen molar-refractivity contribution in [3.8, 4) is 0 Å². The normalized spacial score (nSPS) is 22.1. The van der Waals surface area contributed by atoms with Crippen molar-refractivity contribution >= 4 is 12.0 Å². The Morgan fingerprint density at radius 2 is 2.18 bits per heavy atom. The molecule has 0 aromatic rings. The highest BCUT2D eigenvalue weighted by molar-refractivity contribution is 5.82. The average Bonchev–Trinajstić information content (AvgIpc) is 2.28. The van der Waals surface area contributed by atoms with Gasteiger partial charge >= 0.3 is 12.0 Å². The van der Waals surface area contributed by atoms with Crippen molar-refractivity contribution in [2.45, 2.75) is 39.2 Å². The van der Waals surface area contributed by atoms with Gasteiger partial charge in [-0.15, -0.1) is 0 Å². The van der Waals surface area contributed by atoms with Gasteiger partial charge in [0.1, 0.15) is 6.04 Å². The van der Waals surface area contributed by atoms with Crippen LogP contribution < -0.4 is 0 Å². The van der Waals surface area contributed by atoms with Gasteiger partial charge < -0.3 is 14.9 Å². The van der Waals surface area contributed by atoms with Crippen LogP contribution in [0.15, 0.2) is 0 Å². The molecule has 5 heteroatoms. The zero-order chi connectivity index (χ0) is 13.0. The largest absolute Gasteiger partial charge is 0.480 e. The third-order valence-electron chi connectivity index (χ3n) is 3.37. The lowest BCUT2D eigenvalue weighted by Crippen LogP contribution is -2.51. The zero-order valence-corrected chi connectivity index (χ0v) is 10.8. The molecule has 1 fully saturated rings. The van der Waals surface area contributed by atoms with Gasteiger partial charge in [0.05, 0.1) is 0 Å². The van der Waals surface area contributed by atoms with E-state index in [1.54, 1.807) is 18.9 Å². The first-order chi connectivity index (χ1) is 7.97. The van der Waals surface area contributed by atoms with E-state index < -0.39 is 12.0 Å². The van der Waals surface area contributed by atoms with Crippen LogP contribution in [0.2, 0.25) is 0 Å². The smallest absolute Gasteiger partial charge is 0.326 e. The summed E-state index contributed by atoms with van der Waals surface area (Å²) in [5.74, 6) is -0.431. The Bertz CT molecular complexity index is 293. The van der Waals surface area contributed by atoms with E-state index >= 15 is 0 Å². The van der Waals surface area contributed by atoms with Crippen molar-refractivity contribution in [3.05, 3.63) is 0 Å². The summed E-state index contributed by atoms with van der Waals surface area (Å²) in [5, 5.41) is 9.03. The molecule has 17 heavy (non-hydrogen) atoms. The summed E-state index contributed by atoms with van der Waals surface area (Å²) in [7, 11) is 1.57.